The summed E-state index contributed by atoms with van der Waals surface area (Å²) in [5.41, 5.74) is 0. The molecular weight excluding hydrogens is 753 g/mol. The highest BCUT2D eigenvalue weighted by atomic mass is 32.2. The SMILES string of the molecule is CCCCCCCCCCCCCCCCCCCCCCCC(=O)OC[C@H](CO[C@H]1O[C@H](CS(=O)(=O)O)[C@@H](O)C(O)C1O)OC(=O)CCCCCCCCCC. The molecule has 0 aromatic rings. The standard InChI is InChI=1S/C44H84O12S/c1-3-5-7-9-11-13-14-15-16-17-18-19-20-21-22-23-24-25-27-28-30-32-39(45)53-34-37(55-40(46)33-31-29-26-12-10-8-6-4-2)35-54-44-43(49)42(48)41(47)38(56-44)36-57(50,51)52/h37-38,41-44,47-49H,3-36H2,1-2H3,(H,50,51,52)/t37-,38-,41-,42?,43?,44+/m1/s1. The maximum absolute atomic E-state index is 12.7. The van der Waals surface area contributed by atoms with Crippen LogP contribution in [0.2, 0.25) is 0 Å². The summed E-state index contributed by atoms with van der Waals surface area (Å²) in [4.78, 5) is 25.3. The molecule has 0 radical (unpaired) electrons. The van der Waals surface area contributed by atoms with Crippen LogP contribution in [0.1, 0.15) is 213 Å². The van der Waals surface area contributed by atoms with Crippen molar-refractivity contribution in [2.45, 2.75) is 250 Å². The Hall–Kier alpha value is -1.35. The lowest BCUT2D eigenvalue weighted by atomic mass is 10.00. The average molecular weight is 837 g/mol. The summed E-state index contributed by atoms with van der Waals surface area (Å²) in [6.07, 6.45) is 26.1. The Bertz CT molecular complexity index is 1070. The summed E-state index contributed by atoms with van der Waals surface area (Å²) in [6, 6.07) is 0. The van der Waals surface area contributed by atoms with Gasteiger partial charge < -0.3 is 34.3 Å². The van der Waals surface area contributed by atoms with Crippen molar-refractivity contribution < 1.29 is 56.8 Å². The van der Waals surface area contributed by atoms with Gasteiger partial charge in [0.05, 0.1) is 6.61 Å². The molecule has 1 aliphatic rings. The van der Waals surface area contributed by atoms with Crippen LogP contribution in [0.4, 0.5) is 0 Å². The van der Waals surface area contributed by atoms with Gasteiger partial charge in [0, 0.05) is 12.8 Å². The van der Waals surface area contributed by atoms with Crippen LogP contribution in [-0.2, 0) is 38.7 Å². The summed E-state index contributed by atoms with van der Waals surface area (Å²) >= 11 is 0. The van der Waals surface area contributed by atoms with Gasteiger partial charge in [-0.3, -0.25) is 14.1 Å². The summed E-state index contributed by atoms with van der Waals surface area (Å²) in [5.74, 6) is -1.97. The number of unbranched alkanes of at least 4 members (excludes halogenated alkanes) is 27. The summed E-state index contributed by atoms with van der Waals surface area (Å²) in [7, 11) is -4.59. The minimum atomic E-state index is -4.59. The Kier molecular flexibility index (Phi) is 33.3. The average Bonchev–Trinajstić information content (AvgIpc) is 3.17. The highest BCUT2D eigenvalue weighted by Gasteiger charge is 2.46. The molecule has 0 aliphatic carbocycles. The number of aliphatic hydroxyl groups excluding tert-OH is 3. The molecule has 1 rings (SSSR count). The van der Waals surface area contributed by atoms with Crippen LogP contribution in [0.15, 0.2) is 0 Å². The first-order valence-corrected chi connectivity index (χ1v) is 24.7. The molecule has 0 bridgehead atoms. The second-order valence-corrected chi connectivity index (χ2v) is 17.9. The molecule has 0 aromatic heterocycles. The molecule has 57 heavy (non-hydrogen) atoms. The van der Waals surface area contributed by atoms with E-state index in [2.05, 4.69) is 13.8 Å². The van der Waals surface area contributed by atoms with E-state index in [-0.39, 0.29) is 19.4 Å². The quantitative estimate of drug-likeness (QED) is 0.0262. The zero-order chi connectivity index (χ0) is 42.0. The zero-order valence-electron chi connectivity index (χ0n) is 36.0. The van der Waals surface area contributed by atoms with E-state index >= 15 is 0 Å². The molecule has 13 heteroatoms. The first-order chi connectivity index (χ1) is 27.5. The number of hydrogen-bond donors (Lipinski definition) is 4. The van der Waals surface area contributed by atoms with E-state index in [9.17, 15) is 37.9 Å². The number of aliphatic hydroxyl groups is 3. The Morgan fingerprint density at radius 1 is 0.526 bits per heavy atom. The smallest absolute Gasteiger partial charge is 0.306 e. The monoisotopic (exact) mass is 837 g/mol. The molecule has 4 N–H and O–H groups in total. The van der Waals surface area contributed by atoms with Crippen LogP contribution in [0.25, 0.3) is 0 Å². The Morgan fingerprint density at radius 2 is 0.895 bits per heavy atom. The number of esters is 2. The number of hydrogen-bond acceptors (Lipinski definition) is 11. The fourth-order valence-corrected chi connectivity index (χ4v) is 8.02. The lowest BCUT2D eigenvalue weighted by Crippen LogP contribution is -2.60. The van der Waals surface area contributed by atoms with Crippen molar-refractivity contribution in [1.29, 1.82) is 0 Å². The lowest BCUT2D eigenvalue weighted by Gasteiger charge is -2.40. The predicted molar refractivity (Wildman–Crippen MR) is 224 cm³/mol. The second kappa shape index (κ2) is 35.4. The van der Waals surface area contributed by atoms with Crippen molar-refractivity contribution in [3.8, 4) is 0 Å². The van der Waals surface area contributed by atoms with Crippen LogP contribution in [-0.4, -0.2) is 96.0 Å². The predicted octanol–water partition coefficient (Wildman–Crippen LogP) is 9.29. The number of rotatable bonds is 39. The molecule has 0 amide bonds. The van der Waals surface area contributed by atoms with E-state index in [1.165, 1.54) is 135 Å². The molecule has 12 nitrogen and oxygen atoms in total. The van der Waals surface area contributed by atoms with E-state index in [1.54, 1.807) is 0 Å². The van der Waals surface area contributed by atoms with Gasteiger partial charge in [-0.05, 0) is 12.8 Å². The summed E-state index contributed by atoms with van der Waals surface area (Å²) in [5, 5.41) is 30.8. The Labute approximate surface area is 346 Å². The van der Waals surface area contributed by atoms with Crippen LogP contribution in [0.3, 0.4) is 0 Å². The van der Waals surface area contributed by atoms with E-state index < -0.39 is 71.2 Å². The van der Waals surface area contributed by atoms with E-state index in [1.807, 2.05) is 0 Å². The van der Waals surface area contributed by atoms with Gasteiger partial charge in [0.1, 0.15) is 36.8 Å². The van der Waals surface area contributed by atoms with E-state index in [0.717, 1.165) is 38.5 Å². The molecular formula is C44H84O12S. The summed E-state index contributed by atoms with van der Waals surface area (Å²) < 4.78 is 53.9. The van der Waals surface area contributed by atoms with E-state index in [0.29, 0.717) is 12.8 Å². The van der Waals surface area contributed by atoms with Gasteiger partial charge in [-0.25, -0.2) is 0 Å². The number of carbonyl (C=O) groups is 2. The van der Waals surface area contributed by atoms with Gasteiger partial charge in [0.15, 0.2) is 12.4 Å². The minimum Gasteiger partial charge on any atom is -0.462 e. The third kappa shape index (κ3) is 30.4. The largest absolute Gasteiger partial charge is 0.462 e. The molecule has 6 atom stereocenters. The highest BCUT2D eigenvalue weighted by molar-refractivity contribution is 7.85. The minimum absolute atomic E-state index is 0.169. The van der Waals surface area contributed by atoms with Gasteiger partial charge in [-0.2, -0.15) is 8.42 Å². The topological polar surface area (TPSA) is 186 Å². The third-order valence-electron chi connectivity index (χ3n) is 10.9. The van der Waals surface area contributed by atoms with Crippen LogP contribution >= 0.6 is 0 Å². The molecule has 1 heterocycles. The molecule has 338 valence electrons. The lowest BCUT2D eigenvalue weighted by molar-refractivity contribution is -0.297. The van der Waals surface area contributed by atoms with Crippen LogP contribution in [0, 0.1) is 0 Å². The molecule has 0 saturated carbocycles. The van der Waals surface area contributed by atoms with Gasteiger partial charge in [-0.1, -0.05) is 187 Å². The molecule has 1 saturated heterocycles. The van der Waals surface area contributed by atoms with Gasteiger partial charge in [0.25, 0.3) is 10.1 Å². The van der Waals surface area contributed by atoms with Gasteiger partial charge in [-0.15, -0.1) is 0 Å². The fraction of sp³-hybridized carbons (Fsp3) is 0.955. The fourth-order valence-electron chi connectivity index (χ4n) is 7.33. The van der Waals surface area contributed by atoms with Crippen LogP contribution < -0.4 is 0 Å². The van der Waals surface area contributed by atoms with Gasteiger partial charge in [0.2, 0.25) is 0 Å². The molecule has 1 fully saturated rings. The van der Waals surface area contributed by atoms with Crippen molar-refractivity contribution in [3.05, 3.63) is 0 Å². The molecule has 0 spiro atoms. The van der Waals surface area contributed by atoms with Gasteiger partial charge >= 0.3 is 11.9 Å². The summed E-state index contributed by atoms with van der Waals surface area (Å²) in [6.45, 7) is 3.74. The normalized spacial score (nSPS) is 20.4. The van der Waals surface area contributed by atoms with Crippen molar-refractivity contribution in [2.75, 3.05) is 19.0 Å². The molecule has 2 unspecified atom stereocenters. The van der Waals surface area contributed by atoms with E-state index in [4.69, 9.17) is 18.9 Å². The molecule has 1 aliphatic heterocycles. The van der Waals surface area contributed by atoms with Crippen molar-refractivity contribution >= 4 is 22.1 Å². The maximum Gasteiger partial charge on any atom is 0.306 e. The molecule has 0 aromatic carbocycles. The first-order valence-electron chi connectivity index (χ1n) is 23.1. The second-order valence-electron chi connectivity index (χ2n) is 16.4. The van der Waals surface area contributed by atoms with Crippen molar-refractivity contribution in [2.24, 2.45) is 0 Å². The first kappa shape index (κ1) is 53.7. The Balaban J connectivity index is 2.31. The Morgan fingerprint density at radius 3 is 1.28 bits per heavy atom. The van der Waals surface area contributed by atoms with Crippen LogP contribution in [0.5, 0.6) is 0 Å². The highest BCUT2D eigenvalue weighted by Crippen LogP contribution is 2.24. The third-order valence-corrected chi connectivity index (χ3v) is 11.7. The zero-order valence-corrected chi connectivity index (χ0v) is 36.8. The van der Waals surface area contributed by atoms with Crippen molar-refractivity contribution in [3.63, 3.8) is 0 Å². The van der Waals surface area contributed by atoms with Crippen molar-refractivity contribution in [1.82, 2.24) is 0 Å². The number of ether oxygens (including phenoxy) is 4. The maximum atomic E-state index is 12.7. The number of carbonyl (C=O) groups excluding carboxylic acids is 2.